The fraction of sp³-hybridized carbons (Fsp3) is 0.294. The Labute approximate surface area is 176 Å². The van der Waals surface area contributed by atoms with Crippen LogP contribution < -0.4 is 5.32 Å². The Hall–Kier alpha value is -2.11. The summed E-state index contributed by atoms with van der Waals surface area (Å²) in [7, 11) is 0. The minimum Gasteiger partial charge on any atom is -0.340 e. The topological polar surface area (TPSA) is 80.9 Å². The fourth-order valence-corrected chi connectivity index (χ4v) is 4.01. The molecule has 0 aliphatic rings. The molecule has 3 rings (SSSR count). The van der Waals surface area contributed by atoms with Crippen LogP contribution in [0.3, 0.4) is 0 Å². The van der Waals surface area contributed by atoms with Crippen molar-refractivity contribution in [2.45, 2.75) is 25.3 Å². The molecule has 0 fully saturated rings. The number of aryl methyl sites for hydroxylation is 1. The number of aromatic nitrogens is 3. The molecule has 0 saturated carbocycles. The summed E-state index contributed by atoms with van der Waals surface area (Å²) in [5.74, 6) is 1.31. The van der Waals surface area contributed by atoms with Crippen LogP contribution in [0.1, 0.15) is 27.7 Å². The zero-order valence-corrected chi connectivity index (χ0v) is 17.3. The van der Waals surface area contributed by atoms with Gasteiger partial charge in [-0.05, 0) is 23.8 Å². The van der Waals surface area contributed by atoms with Crippen LogP contribution in [0, 0.1) is 6.92 Å². The molecule has 0 spiro atoms. The first-order chi connectivity index (χ1) is 13.7. The summed E-state index contributed by atoms with van der Waals surface area (Å²) in [6, 6.07) is 3.19. The van der Waals surface area contributed by atoms with E-state index < -0.39 is 11.7 Å². The Bertz CT molecular complexity index is 1010. The van der Waals surface area contributed by atoms with Crippen molar-refractivity contribution in [1.82, 2.24) is 15.1 Å². The molecule has 0 bridgehead atoms. The number of hydrogen-bond donors (Lipinski definition) is 1. The maximum absolute atomic E-state index is 12.9. The van der Waals surface area contributed by atoms with Gasteiger partial charge in [-0.15, -0.1) is 23.1 Å². The number of rotatable bonds is 7. The molecule has 2 aromatic heterocycles. The van der Waals surface area contributed by atoms with Crippen LogP contribution in [0.2, 0.25) is 5.02 Å². The van der Waals surface area contributed by atoms with E-state index in [4.69, 9.17) is 16.1 Å². The van der Waals surface area contributed by atoms with Gasteiger partial charge in [-0.3, -0.25) is 4.79 Å². The van der Waals surface area contributed by atoms with E-state index in [2.05, 4.69) is 20.4 Å². The van der Waals surface area contributed by atoms with Gasteiger partial charge in [0.2, 0.25) is 11.8 Å². The van der Waals surface area contributed by atoms with Crippen molar-refractivity contribution in [1.29, 1.82) is 0 Å². The third-order valence-electron chi connectivity index (χ3n) is 3.57. The molecule has 12 heteroatoms. The molecule has 1 amide bonds. The Morgan fingerprint density at radius 2 is 2.17 bits per heavy atom. The first-order valence-corrected chi connectivity index (χ1v) is 10.5. The molecule has 6 nitrogen and oxygen atoms in total. The van der Waals surface area contributed by atoms with Crippen LogP contribution in [0.4, 0.5) is 18.3 Å². The fourth-order valence-electron chi connectivity index (χ4n) is 2.31. The third kappa shape index (κ3) is 6.18. The summed E-state index contributed by atoms with van der Waals surface area (Å²) in [6.07, 6.45) is -2.75. The Balaban J connectivity index is 1.54. The zero-order valence-electron chi connectivity index (χ0n) is 14.9. The molecule has 29 heavy (non-hydrogen) atoms. The highest BCUT2D eigenvalue weighted by atomic mass is 35.5. The second-order valence-electron chi connectivity index (χ2n) is 5.88. The smallest absolute Gasteiger partial charge is 0.340 e. The van der Waals surface area contributed by atoms with Gasteiger partial charge >= 0.3 is 6.18 Å². The molecule has 2 heterocycles. The summed E-state index contributed by atoms with van der Waals surface area (Å²) in [4.78, 5) is 20.8. The third-order valence-corrected chi connectivity index (χ3v) is 5.78. The average molecular weight is 463 g/mol. The van der Waals surface area contributed by atoms with Crippen LogP contribution in [-0.2, 0) is 23.1 Å². The lowest BCUT2D eigenvalue weighted by Gasteiger charge is -2.09. The molecule has 1 N–H and O–H groups in total. The number of carbonyl (C=O) groups is 1. The number of thiazole rings is 1. The van der Waals surface area contributed by atoms with Gasteiger partial charge in [-0.2, -0.15) is 18.2 Å². The number of benzene rings is 1. The minimum atomic E-state index is -4.44. The average Bonchev–Trinajstić information content (AvgIpc) is 3.24. The van der Waals surface area contributed by atoms with E-state index in [1.54, 1.807) is 6.92 Å². The lowest BCUT2D eigenvalue weighted by molar-refractivity contribution is -0.137. The predicted molar refractivity (Wildman–Crippen MR) is 105 cm³/mol. The van der Waals surface area contributed by atoms with Gasteiger partial charge in [0, 0.05) is 29.4 Å². The number of carbonyl (C=O) groups excluding carboxylic acids is 1. The number of amides is 1. The highest BCUT2D eigenvalue weighted by Crippen LogP contribution is 2.33. The lowest BCUT2D eigenvalue weighted by atomic mass is 10.1. The van der Waals surface area contributed by atoms with E-state index in [0.717, 1.165) is 12.1 Å². The molecule has 154 valence electrons. The highest BCUT2D eigenvalue weighted by molar-refractivity contribution is 7.99. The van der Waals surface area contributed by atoms with Crippen molar-refractivity contribution >= 4 is 45.7 Å². The molecule has 0 saturated heterocycles. The standard InChI is InChI=1S/C17H14ClF3N4O2S2/c1-9-23-14(25-27-9)7-28-8-15(26)24-16-22-6-12(29-16)5-10-4-11(17(19,20)21)2-3-13(10)18/h2-4,6H,5,7-8H2,1H3,(H,22,24,26). The largest absolute Gasteiger partial charge is 0.416 e. The lowest BCUT2D eigenvalue weighted by Crippen LogP contribution is -2.13. The van der Waals surface area contributed by atoms with Gasteiger partial charge in [0.05, 0.1) is 17.1 Å². The molecule has 0 aliphatic heterocycles. The van der Waals surface area contributed by atoms with Crippen LogP contribution in [0.5, 0.6) is 0 Å². The van der Waals surface area contributed by atoms with Crippen molar-refractivity contribution in [2.24, 2.45) is 0 Å². The molecule has 0 atom stereocenters. The second kappa shape index (κ2) is 9.14. The van der Waals surface area contributed by atoms with Gasteiger partial charge in [0.15, 0.2) is 11.0 Å². The summed E-state index contributed by atoms with van der Waals surface area (Å²) in [5.41, 5.74) is -0.419. The summed E-state index contributed by atoms with van der Waals surface area (Å²) >= 11 is 8.52. The maximum atomic E-state index is 12.9. The van der Waals surface area contributed by atoms with E-state index in [0.29, 0.717) is 33.0 Å². The summed E-state index contributed by atoms with van der Waals surface area (Å²) in [5, 5.41) is 7.00. The Morgan fingerprint density at radius 1 is 1.38 bits per heavy atom. The second-order valence-corrected chi connectivity index (χ2v) is 8.39. The number of thioether (sulfide) groups is 1. The number of nitrogens with zero attached hydrogens (tertiary/aromatic N) is 3. The number of alkyl halides is 3. The van der Waals surface area contributed by atoms with Crippen molar-refractivity contribution in [3.8, 4) is 0 Å². The molecule has 0 radical (unpaired) electrons. The monoisotopic (exact) mass is 462 g/mol. The van der Waals surface area contributed by atoms with Crippen LogP contribution in [0.15, 0.2) is 28.9 Å². The molecule has 1 aromatic carbocycles. The Kier molecular flexibility index (Phi) is 6.81. The predicted octanol–water partition coefficient (Wildman–Crippen LogP) is 4.97. The molecular formula is C17H14ClF3N4O2S2. The van der Waals surface area contributed by atoms with Crippen molar-refractivity contribution in [2.75, 3.05) is 11.1 Å². The first kappa shape index (κ1) is 21.6. The van der Waals surface area contributed by atoms with E-state index in [1.807, 2.05) is 0 Å². The van der Waals surface area contributed by atoms with Crippen molar-refractivity contribution in [3.05, 3.63) is 57.1 Å². The number of halogens is 4. The molecule has 0 aliphatic carbocycles. The zero-order chi connectivity index (χ0) is 21.0. The van der Waals surface area contributed by atoms with Gasteiger partial charge in [-0.1, -0.05) is 16.8 Å². The summed E-state index contributed by atoms with van der Waals surface area (Å²) in [6.45, 7) is 1.68. The van der Waals surface area contributed by atoms with Crippen molar-refractivity contribution < 1.29 is 22.5 Å². The normalized spacial score (nSPS) is 11.6. The summed E-state index contributed by atoms with van der Waals surface area (Å²) < 4.78 is 43.5. The molecular weight excluding hydrogens is 449 g/mol. The molecule has 3 aromatic rings. The van der Waals surface area contributed by atoms with Gasteiger partial charge in [-0.25, -0.2) is 4.98 Å². The van der Waals surface area contributed by atoms with E-state index >= 15 is 0 Å². The SMILES string of the molecule is Cc1nc(CSCC(=O)Nc2ncc(Cc3cc(C(F)(F)F)ccc3Cl)s2)no1. The van der Waals surface area contributed by atoms with Gasteiger partial charge in [0.1, 0.15) is 0 Å². The van der Waals surface area contributed by atoms with E-state index in [1.165, 1.54) is 35.4 Å². The Morgan fingerprint density at radius 3 is 2.86 bits per heavy atom. The van der Waals surface area contributed by atoms with Crippen LogP contribution in [-0.4, -0.2) is 26.8 Å². The number of hydrogen-bond acceptors (Lipinski definition) is 7. The van der Waals surface area contributed by atoms with Gasteiger partial charge in [0.25, 0.3) is 0 Å². The highest BCUT2D eigenvalue weighted by Gasteiger charge is 2.30. The van der Waals surface area contributed by atoms with Crippen molar-refractivity contribution in [3.63, 3.8) is 0 Å². The van der Waals surface area contributed by atoms with Crippen LogP contribution >= 0.6 is 34.7 Å². The molecule has 0 unspecified atom stereocenters. The van der Waals surface area contributed by atoms with E-state index in [-0.39, 0.29) is 23.1 Å². The van der Waals surface area contributed by atoms with E-state index in [9.17, 15) is 18.0 Å². The quantitative estimate of drug-likeness (QED) is 0.534. The minimum absolute atomic E-state index is 0.169. The number of nitrogens with one attached hydrogen (secondary N) is 1. The number of anilines is 1. The van der Waals surface area contributed by atoms with Gasteiger partial charge < -0.3 is 9.84 Å². The first-order valence-electron chi connectivity index (χ1n) is 8.18. The maximum Gasteiger partial charge on any atom is 0.416 e. The van der Waals surface area contributed by atoms with Crippen LogP contribution in [0.25, 0.3) is 0 Å².